The molecule has 0 saturated heterocycles. The van der Waals surface area contributed by atoms with Gasteiger partial charge in [0.1, 0.15) is 11.9 Å². The highest BCUT2D eigenvalue weighted by Gasteiger charge is 2.16. The lowest BCUT2D eigenvalue weighted by Crippen LogP contribution is -2.31. The lowest BCUT2D eigenvalue weighted by molar-refractivity contribution is -0.0833. The van der Waals surface area contributed by atoms with Crippen LogP contribution in [0.2, 0.25) is 0 Å². The Kier molecular flexibility index (Phi) is 7.72. The molecule has 5 heteroatoms. The number of aliphatic hydroxyl groups excluding tert-OH is 1. The molecule has 0 saturated carbocycles. The zero-order valence-corrected chi connectivity index (χ0v) is 15.5. The quantitative estimate of drug-likeness (QED) is 0.699. The molecule has 2 aromatic carbocycles. The minimum atomic E-state index is -0.601. The van der Waals surface area contributed by atoms with Crippen LogP contribution in [0.25, 0.3) is 0 Å². The van der Waals surface area contributed by atoms with Crippen LogP contribution in [-0.4, -0.2) is 31.0 Å². The van der Waals surface area contributed by atoms with Crippen molar-refractivity contribution in [2.24, 2.45) is 0 Å². The van der Waals surface area contributed by atoms with Gasteiger partial charge >= 0.3 is 0 Å². The highest BCUT2D eigenvalue weighted by atomic mass is 79.9. The second kappa shape index (κ2) is 9.79. The van der Waals surface area contributed by atoms with Crippen LogP contribution in [0.1, 0.15) is 18.1 Å². The lowest BCUT2D eigenvalue weighted by Gasteiger charge is -2.21. The van der Waals surface area contributed by atoms with Crippen LogP contribution in [0.3, 0.4) is 0 Å². The van der Waals surface area contributed by atoms with E-state index in [0.717, 1.165) is 21.3 Å². The number of hydrogen-bond donors (Lipinski definition) is 1. The van der Waals surface area contributed by atoms with Crippen LogP contribution < -0.4 is 4.74 Å². The first-order valence-corrected chi connectivity index (χ1v) is 8.62. The van der Waals surface area contributed by atoms with Crippen molar-refractivity contribution in [3.8, 4) is 5.75 Å². The molecule has 0 amide bonds. The smallest absolute Gasteiger partial charge is 0.118 e. The Morgan fingerprint density at radius 1 is 0.958 bits per heavy atom. The van der Waals surface area contributed by atoms with Crippen molar-refractivity contribution >= 4 is 15.9 Å². The Morgan fingerprint density at radius 3 is 2.12 bits per heavy atom. The third-order valence-electron chi connectivity index (χ3n) is 3.63. The molecule has 130 valence electrons. The molecule has 0 radical (unpaired) electrons. The van der Waals surface area contributed by atoms with Crippen molar-refractivity contribution in [1.82, 2.24) is 0 Å². The molecular weight excluding hydrogens is 372 g/mol. The zero-order valence-electron chi connectivity index (χ0n) is 13.9. The van der Waals surface area contributed by atoms with Crippen molar-refractivity contribution in [2.75, 3.05) is 13.7 Å². The van der Waals surface area contributed by atoms with Crippen LogP contribution in [-0.2, 0) is 22.7 Å². The van der Waals surface area contributed by atoms with Gasteiger partial charge in [-0.2, -0.15) is 0 Å². The molecule has 0 aliphatic carbocycles. The normalized spacial score (nSPS) is 13.5. The fraction of sp³-hybridized carbons (Fsp3) is 0.368. The summed E-state index contributed by atoms with van der Waals surface area (Å²) in [6.07, 6.45) is -0.969. The fourth-order valence-corrected chi connectivity index (χ4v) is 2.39. The van der Waals surface area contributed by atoms with Crippen LogP contribution in [0, 0.1) is 0 Å². The molecule has 0 bridgehead atoms. The number of methoxy groups -OCH3 is 1. The van der Waals surface area contributed by atoms with Gasteiger partial charge in [0.2, 0.25) is 0 Å². The minimum Gasteiger partial charge on any atom is -0.497 e. The molecule has 2 rings (SSSR count). The molecule has 0 heterocycles. The molecule has 0 aromatic heterocycles. The van der Waals surface area contributed by atoms with Crippen molar-refractivity contribution in [3.05, 3.63) is 64.1 Å². The Balaban J connectivity index is 1.78. The summed E-state index contributed by atoms with van der Waals surface area (Å²) >= 11 is 3.41. The summed E-state index contributed by atoms with van der Waals surface area (Å²) < 4.78 is 17.6. The summed E-state index contributed by atoms with van der Waals surface area (Å²) in [5.41, 5.74) is 2.10. The van der Waals surface area contributed by atoms with Gasteiger partial charge in [0.05, 0.1) is 33.0 Å². The number of halogens is 1. The lowest BCUT2D eigenvalue weighted by atomic mass is 10.2. The Morgan fingerprint density at radius 2 is 1.54 bits per heavy atom. The largest absolute Gasteiger partial charge is 0.497 e. The van der Waals surface area contributed by atoms with Gasteiger partial charge in [-0.05, 0) is 42.3 Å². The van der Waals surface area contributed by atoms with E-state index in [0.29, 0.717) is 19.8 Å². The molecule has 2 aromatic rings. The van der Waals surface area contributed by atoms with Crippen LogP contribution in [0.4, 0.5) is 0 Å². The topological polar surface area (TPSA) is 47.9 Å². The van der Waals surface area contributed by atoms with Crippen molar-refractivity contribution in [1.29, 1.82) is 0 Å². The second-order valence-electron chi connectivity index (χ2n) is 5.58. The van der Waals surface area contributed by atoms with Crippen molar-refractivity contribution < 1.29 is 19.3 Å². The number of hydrogen-bond acceptors (Lipinski definition) is 4. The van der Waals surface area contributed by atoms with Crippen LogP contribution in [0.5, 0.6) is 5.75 Å². The maximum Gasteiger partial charge on any atom is 0.118 e. The average Bonchev–Trinajstić information content (AvgIpc) is 2.59. The predicted octanol–water partition coefficient (Wildman–Crippen LogP) is 3.94. The Bertz CT molecular complexity index is 596. The predicted molar refractivity (Wildman–Crippen MR) is 97.0 cm³/mol. The monoisotopic (exact) mass is 394 g/mol. The molecule has 0 unspecified atom stereocenters. The van der Waals surface area contributed by atoms with E-state index in [1.807, 2.05) is 48.5 Å². The van der Waals surface area contributed by atoms with E-state index >= 15 is 0 Å². The van der Waals surface area contributed by atoms with E-state index in [1.165, 1.54) is 0 Å². The Hall–Kier alpha value is -1.40. The number of ether oxygens (including phenoxy) is 3. The van der Waals surface area contributed by atoms with Gasteiger partial charge in [0, 0.05) is 4.47 Å². The van der Waals surface area contributed by atoms with Gasteiger partial charge < -0.3 is 19.3 Å². The van der Waals surface area contributed by atoms with E-state index in [2.05, 4.69) is 15.9 Å². The molecule has 0 spiro atoms. The summed E-state index contributed by atoms with van der Waals surface area (Å²) in [6.45, 7) is 2.95. The number of benzene rings is 2. The third-order valence-corrected chi connectivity index (χ3v) is 4.15. The average molecular weight is 395 g/mol. The van der Waals surface area contributed by atoms with Gasteiger partial charge in [-0.1, -0.05) is 40.2 Å². The summed E-state index contributed by atoms with van der Waals surface area (Å²) in [6, 6.07) is 15.6. The maximum absolute atomic E-state index is 9.87. The maximum atomic E-state index is 9.87. The van der Waals surface area contributed by atoms with Gasteiger partial charge in [-0.15, -0.1) is 0 Å². The molecular formula is C19H23BrO4. The molecule has 0 fully saturated rings. The van der Waals surface area contributed by atoms with Crippen molar-refractivity contribution in [2.45, 2.75) is 32.3 Å². The minimum absolute atomic E-state index is 0.334. The highest BCUT2D eigenvalue weighted by molar-refractivity contribution is 9.10. The van der Waals surface area contributed by atoms with Gasteiger partial charge in [-0.25, -0.2) is 0 Å². The van der Waals surface area contributed by atoms with E-state index in [4.69, 9.17) is 14.2 Å². The van der Waals surface area contributed by atoms with Gasteiger partial charge in [0.15, 0.2) is 0 Å². The van der Waals surface area contributed by atoms with E-state index in [9.17, 15) is 5.11 Å². The first-order valence-electron chi connectivity index (χ1n) is 7.83. The van der Waals surface area contributed by atoms with Crippen LogP contribution in [0.15, 0.2) is 53.0 Å². The molecule has 4 nitrogen and oxygen atoms in total. The van der Waals surface area contributed by atoms with Crippen molar-refractivity contribution in [3.63, 3.8) is 0 Å². The highest BCUT2D eigenvalue weighted by Crippen LogP contribution is 2.14. The molecule has 0 aliphatic heterocycles. The molecule has 2 atom stereocenters. The SMILES string of the molecule is COc1ccc(COC[C@H](OCc2ccc(Br)cc2)[C@@H](C)O)cc1. The van der Waals surface area contributed by atoms with E-state index in [1.54, 1.807) is 14.0 Å². The van der Waals surface area contributed by atoms with E-state index in [-0.39, 0.29) is 6.10 Å². The summed E-state index contributed by atoms with van der Waals surface area (Å²) in [5, 5.41) is 9.87. The molecule has 1 N–H and O–H groups in total. The van der Waals surface area contributed by atoms with Crippen LogP contribution >= 0.6 is 15.9 Å². The second-order valence-corrected chi connectivity index (χ2v) is 6.50. The fourth-order valence-electron chi connectivity index (χ4n) is 2.13. The summed E-state index contributed by atoms with van der Waals surface area (Å²) in [5.74, 6) is 0.818. The first kappa shape index (κ1) is 18.9. The summed E-state index contributed by atoms with van der Waals surface area (Å²) in [7, 11) is 1.64. The molecule has 24 heavy (non-hydrogen) atoms. The van der Waals surface area contributed by atoms with Gasteiger partial charge in [0.25, 0.3) is 0 Å². The van der Waals surface area contributed by atoms with Gasteiger partial charge in [-0.3, -0.25) is 0 Å². The van der Waals surface area contributed by atoms with E-state index < -0.39 is 6.10 Å². The number of aliphatic hydroxyl groups is 1. The molecule has 0 aliphatic rings. The standard InChI is InChI=1S/C19H23BrO4/c1-14(21)19(24-12-16-3-7-17(20)8-4-16)13-23-11-15-5-9-18(22-2)10-6-15/h3-10,14,19,21H,11-13H2,1-2H3/t14-,19+/m1/s1. The third kappa shape index (κ3) is 6.24. The Labute approximate surface area is 151 Å². The summed E-state index contributed by atoms with van der Waals surface area (Å²) in [4.78, 5) is 0. The number of rotatable bonds is 9. The first-order chi connectivity index (χ1) is 11.6. The zero-order chi connectivity index (χ0) is 17.4.